The average Bonchev–Trinajstić information content (AvgIpc) is 2.58. The first-order chi connectivity index (χ1) is 12.0. The number of nitrogens with one attached hydrogen (secondary N) is 1. The molecular formula is C19H17ClFNO3. The zero-order chi connectivity index (χ0) is 18.2. The van der Waals surface area contributed by atoms with Crippen LogP contribution in [-0.4, -0.2) is 18.5 Å². The minimum atomic E-state index is -0.512. The zero-order valence-electron chi connectivity index (χ0n) is 13.6. The predicted molar refractivity (Wildman–Crippen MR) is 95.9 cm³/mol. The number of amides is 1. The highest BCUT2D eigenvalue weighted by atomic mass is 35.5. The summed E-state index contributed by atoms with van der Waals surface area (Å²) in [7, 11) is 0. The Kier molecular flexibility index (Phi) is 6.71. The van der Waals surface area contributed by atoms with Crippen molar-refractivity contribution in [3.63, 3.8) is 0 Å². The van der Waals surface area contributed by atoms with Crippen molar-refractivity contribution < 1.29 is 18.7 Å². The number of rotatable bonds is 6. The molecule has 0 fully saturated rings. The van der Waals surface area contributed by atoms with Gasteiger partial charge in [0.2, 0.25) is 5.91 Å². The second-order valence-corrected chi connectivity index (χ2v) is 5.54. The molecular weight excluding hydrogens is 345 g/mol. The maximum Gasteiger partial charge on any atom is 0.330 e. The van der Waals surface area contributed by atoms with E-state index in [-0.39, 0.29) is 22.9 Å². The van der Waals surface area contributed by atoms with Crippen molar-refractivity contribution in [1.29, 1.82) is 0 Å². The summed E-state index contributed by atoms with van der Waals surface area (Å²) in [5, 5.41) is 2.89. The van der Waals surface area contributed by atoms with Gasteiger partial charge in [-0.2, -0.15) is 0 Å². The quantitative estimate of drug-likeness (QED) is 0.618. The summed E-state index contributed by atoms with van der Waals surface area (Å²) < 4.78 is 18.5. The van der Waals surface area contributed by atoms with E-state index in [4.69, 9.17) is 16.3 Å². The molecule has 0 aromatic heterocycles. The summed E-state index contributed by atoms with van der Waals surface area (Å²) in [5.41, 5.74) is 1.50. The Morgan fingerprint density at radius 3 is 2.56 bits per heavy atom. The molecule has 0 bridgehead atoms. The fourth-order valence-electron chi connectivity index (χ4n) is 2.10. The molecule has 0 radical (unpaired) electrons. The fraction of sp³-hybridized carbons (Fsp3) is 0.158. The lowest BCUT2D eigenvalue weighted by molar-refractivity contribution is -0.137. The lowest BCUT2D eigenvalue weighted by atomic mass is 10.1. The first-order valence-corrected chi connectivity index (χ1v) is 8.05. The van der Waals surface area contributed by atoms with Crippen LogP contribution in [0.2, 0.25) is 5.02 Å². The Labute approximate surface area is 150 Å². The number of carbonyl (C=O) groups is 2. The van der Waals surface area contributed by atoms with Gasteiger partial charge in [-0.3, -0.25) is 4.79 Å². The number of anilines is 1. The highest BCUT2D eigenvalue weighted by Gasteiger charge is 2.12. The van der Waals surface area contributed by atoms with Crippen LogP contribution in [0, 0.1) is 5.82 Å². The van der Waals surface area contributed by atoms with Crippen LogP contribution >= 0.6 is 11.6 Å². The second-order valence-electron chi connectivity index (χ2n) is 5.13. The molecule has 1 amide bonds. The maximum absolute atomic E-state index is 13.7. The molecule has 2 aromatic carbocycles. The molecule has 2 rings (SSSR count). The van der Waals surface area contributed by atoms with Gasteiger partial charge in [-0.1, -0.05) is 29.8 Å². The first-order valence-electron chi connectivity index (χ1n) is 7.67. The van der Waals surface area contributed by atoms with Gasteiger partial charge in [0.05, 0.1) is 13.0 Å². The van der Waals surface area contributed by atoms with Crippen molar-refractivity contribution in [2.24, 2.45) is 0 Å². The maximum atomic E-state index is 13.7. The van der Waals surface area contributed by atoms with Gasteiger partial charge in [-0.15, -0.1) is 0 Å². The van der Waals surface area contributed by atoms with E-state index in [1.54, 1.807) is 37.3 Å². The lowest BCUT2D eigenvalue weighted by Gasteiger charge is -2.08. The van der Waals surface area contributed by atoms with E-state index < -0.39 is 11.8 Å². The predicted octanol–water partition coefficient (Wildman–Crippen LogP) is 4.24. The van der Waals surface area contributed by atoms with Crippen molar-refractivity contribution in [3.05, 3.63) is 70.5 Å². The van der Waals surface area contributed by atoms with Gasteiger partial charge in [-0.25, -0.2) is 9.18 Å². The molecule has 2 aromatic rings. The van der Waals surface area contributed by atoms with Crippen molar-refractivity contribution in [1.82, 2.24) is 0 Å². The van der Waals surface area contributed by atoms with E-state index in [1.807, 2.05) is 0 Å². The molecule has 0 saturated heterocycles. The molecule has 1 N–H and O–H groups in total. The fourth-order valence-corrected chi connectivity index (χ4v) is 2.33. The molecule has 0 aliphatic heterocycles. The Bertz CT molecular complexity index is 768. The molecule has 0 saturated carbocycles. The summed E-state index contributed by atoms with van der Waals surface area (Å²) in [5.74, 6) is -1.30. The van der Waals surface area contributed by atoms with E-state index in [0.717, 1.165) is 5.56 Å². The highest BCUT2D eigenvalue weighted by molar-refractivity contribution is 6.31. The van der Waals surface area contributed by atoms with Crippen LogP contribution in [0.5, 0.6) is 0 Å². The minimum Gasteiger partial charge on any atom is -0.463 e. The van der Waals surface area contributed by atoms with Gasteiger partial charge in [0.25, 0.3) is 0 Å². The van der Waals surface area contributed by atoms with Crippen molar-refractivity contribution in [3.8, 4) is 0 Å². The van der Waals surface area contributed by atoms with Gasteiger partial charge >= 0.3 is 5.97 Å². The van der Waals surface area contributed by atoms with E-state index in [0.29, 0.717) is 12.3 Å². The van der Waals surface area contributed by atoms with Crippen molar-refractivity contribution in [2.45, 2.75) is 13.3 Å². The first kappa shape index (κ1) is 18.7. The third kappa shape index (κ3) is 5.72. The Balaban J connectivity index is 1.97. The molecule has 0 heterocycles. The molecule has 0 atom stereocenters. The van der Waals surface area contributed by atoms with Crippen LogP contribution in [0.15, 0.2) is 48.5 Å². The number of hydrogen-bond acceptors (Lipinski definition) is 3. The minimum absolute atomic E-state index is 0.157. The molecule has 130 valence electrons. The van der Waals surface area contributed by atoms with E-state index in [1.165, 1.54) is 24.3 Å². The van der Waals surface area contributed by atoms with Gasteiger partial charge in [0.15, 0.2) is 0 Å². The smallest absolute Gasteiger partial charge is 0.330 e. The van der Waals surface area contributed by atoms with E-state index >= 15 is 0 Å². The van der Waals surface area contributed by atoms with Gasteiger partial charge in [0.1, 0.15) is 5.82 Å². The lowest BCUT2D eigenvalue weighted by Crippen LogP contribution is -2.15. The van der Waals surface area contributed by atoms with Crippen LogP contribution < -0.4 is 5.32 Å². The van der Waals surface area contributed by atoms with Gasteiger partial charge in [-0.05, 0) is 42.8 Å². The largest absolute Gasteiger partial charge is 0.463 e. The number of benzene rings is 2. The number of halogens is 2. The van der Waals surface area contributed by atoms with Crippen LogP contribution in [0.3, 0.4) is 0 Å². The monoisotopic (exact) mass is 361 g/mol. The molecule has 0 aliphatic carbocycles. The highest BCUT2D eigenvalue weighted by Crippen LogP contribution is 2.20. The van der Waals surface area contributed by atoms with Crippen molar-refractivity contribution >= 4 is 35.2 Å². The second kappa shape index (κ2) is 8.99. The van der Waals surface area contributed by atoms with Crippen LogP contribution in [-0.2, 0) is 20.7 Å². The topological polar surface area (TPSA) is 55.4 Å². The molecule has 0 unspecified atom stereocenters. The van der Waals surface area contributed by atoms with Crippen LogP contribution in [0.4, 0.5) is 10.1 Å². The molecule has 25 heavy (non-hydrogen) atoms. The Hall–Kier alpha value is -2.66. The molecule has 0 aliphatic rings. The average molecular weight is 362 g/mol. The standard InChI is InChI=1S/C19H17ClFNO3/c1-2-25-19(24)11-8-13-6-9-14(10-7-13)22-18(23)12-15-16(20)4-3-5-17(15)21/h3-11H,2,12H2,1H3,(H,22,23)/b11-8+. The number of esters is 1. The third-order valence-electron chi connectivity index (χ3n) is 3.29. The van der Waals surface area contributed by atoms with E-state index in [9.17, 15) is 14.0 Å². The summed E-state index contributed by atoms with van der Waals surface area (Å²) in [6.45, 7) is 2.05. The SMILES string of the molecule is CCOC(=O)/C=C/c1ccc(NC(=O)Cc2c(F)cccc2Cl)cc1. The van der Waals surface area contributed by atoms with Gasteiger partial charge in [0, 0.05) is 22.3 Å². The summed E-state index contributed by atoms with van der Waals surface area (Å²) in [4.78, 5) is 23.3. The van der Waals surface area contributed by atoms with Crippen LogP contribution in [0.1, 0.15) is 18.1 Å². The van der Waals surface area contributed by atoms with Crippen molar-refractivity contribution in [2.75, 3.05) is 11.9 Å². The summed E-state index contributed by atoms with van der Waals surface area (Å²) >= 11 is 5.91. The van der Waals surface area contributed by atoms with E-state index in [2.05, 4.69) is 5.32 Å². The third-order valence-corrected chi connectivity index (χ3v) is 3.65. The Morgan fingerprint density at radius 1 is 1.20 bits per heavy atom. The molecule has 4 nitrogen and oxygen atoms in total. The number of carbonyl (C=O) groups excluding carboxylic acids is 2. The Morgan fingerprint density at radius 2 is 1.92 bits per heavy atom. The normalized spacial score (nSPS) is 10.7. The number of ether oxygens (including phenoxy) is 1. The molecule has 0 spiro atoms. The number of hydrogen-bond donors (Lipinski definition) is 1. The summed E-state index contributed by atoms with van der Waals surface area (Å²) in [6, 6.07) is 11.1. The van der Waals surface area contributed by atoms with Gasteiger partial charge < -0.3 is 10.1 Å². The zero-order valence-corrected chi connectivity index (χ0v) is 14.3. The summed E-state index contributed by atoms with van der Waals surface area (Å²) in [6.07, 6.45) is 2.79. The van der Waals surface area contributed by atoms with Crippen LogP contribution in [0.25, 0.3) is 6.08 Å². The molecule has 6 heteroatoms.